The van der Waals surface area contributed by atoms with E-state index < -0.39 is 16.2 Å². The van der Waals surface area contributed by atoms with Gasteiger partial charge in [0.2, 0.25) is 0 Å². The lowest BCUT2D eigenvalue weighted by molar-refractivity contribution is 0.0697. The molecule has 0 bridgehead atoms. The molecule has 0 aliphatic carbocycles. The van der Waals surface area contributed by atoms with Gasteiger partial charge in [-0.1, -0.05) is 55.8 Å². The van der Waals surface area contributed by atoms with E-state index in [0.29, 0.717) is 24.1 Å². The van der Waals surface area contributed by atoms with E-state index in [9.17, 15) is 18.3 Å². The van der Waals surface area contributed by atoms with Gasteiger partial charge in [-0.15, -0.1) is 4.09 Å². The first kappa shape index (κ1) is 25.6. The van der Waals surface area contributed by atoms with Crippen LogP contribution in [0.1, 0.15) is 52.6 Å². The third kappa shape index (κ3) is 5.38. The number of carboxylic acid groups (broad SMARTS) is 1. The summed E-state index contributed by atoms with van der Waals surface area (Å²) in [5.74, 6) is -0.973. The maximum atomic E-state index is 12.9. The average Bonchev–Trinajstić information content (AvgIpc) is 3.16. The first-order chi connectivity index (χ1) is 16.2. The third-order valence-corrected chi connectivity index (χ3v) is 7.33. The number of carboxylic acids is 1. The van der Waals surface area contributed by atoms with Crippen LogP contribution in [0, 0.1) is 0 Å². The number of carbonyl (C=O) groups is 1. The number of benzene rings is 2. The van der Waals surface area contributed by atoms with Crippen molar-refractivity contribution in [2.75, 3.05) is 21.2 Å². The number of methoxy groups -OCH3 is 1. The first-order valence-electron chi connectivity index (χ1n) is 11.1. The molecule has 1 aromatic heterocycles. The van der Waals surface area contributed by atoms with Crippen molar-refractivity contribution in [2.45, 2.75) is 39.2 Å². The van der Waals surface area contributed by atoms with Gasteiger partial charge in [-0.05, 0) is 35.6 Å². The van der Waals surface area contributed by atoms with E-state index in [4.69, 9.17) is 4.74 Å². The van der Waals surface area contributed by atoms with Gasteiger partial charge in [0, 0.05) is 33.2 Å². The highest BCUT2D eigenvalue weighted by molar-refractivity contribution is 7.87. The van der Waals surface area contributed by atoms with E-state index in [2.05, 4.69) is 12.0 Å². The van der Waals surface area contributed by atoms with Gasteiger partial charge >= 0.3 is 16.2 Å². The fraction of sp³-hybridized carbons (Fsp3) is 0.360. The molecule has 1 heterocycles. The van der Waals surface area contributed by atoms with Crippen molar-refractivity contribution in [1.82, 2.24) is 13.5 Å². The van der Waals surface area contributed by atoms with E-state index in [-0.39, 0.29) is 12.2 Å². The quantitative estimate of drug-likeness (QED) is 0.441. The number of nitrogens with zero attached hydrogens (tertiary/aromatic N) is 3. The summed E-state index contributed by atoms with van der Waals surface area (Å²) in [6.07, 6.45) is 3.01. The van der Waals surface area contributed by atoms with Crippen molar-refractivity contribution >= 4 is 16.2 Å². The molecule has 3 aromatic rings. The maximum absolute atomic E-state index is 12.9. The molecule has 0 aliphatic rings. The summed E-state index contributed by atoms with van der Waals surface area (Å²) >= 11 is 0. The number of unbranched alkanes of at least 4 members (excludes halogenated alkanes) is 1. The van der Waals surface area contributed by atoms with Crippen LogP contribution >= 0.6 is 0 Å². The molecular formula is C25H31N3O5S. The Morgan fingerprint density at radius 2 is 1.79 bits per heavy atom. The van der Waals surface area contributed by atoms with Crippen LogP contribution in [0.5, 0.6) is 0 Å². The Hall–Kier alpha value is -3.01. The topological polar surface area (TPSA) is 102 Å². The standard InChI is InChI=1S/C25H31N3O5S/c1-5-6-11-23-22(24(17-33-4)28(26-23)34(31,32)27(2)3)16-18-12-14-19(15-13-18)20-9-7-8-10-21(20)25(29)30/h7-10,12-15H,5-6,11,16-17H2,1-4H3,(H,29,30). The van der Waals surface area contributed by atoms with Gasteiger partial charge in [-0.25, -0.2) is 4.79 Å². The van der Waals surface area contributed by atoms with E-state index in [1.165, 1.54) is 21.2 Å². The molecule has 3 rings (SSSR count). The van der Waals surface area contributed by atoms with Crippen LogP contribution < -0.4 is 0 Å². The maximum Gasteiger partial charge on any atom is 0.336 e. The van der Waals surface area contributed by atoms with Crippen LogP contribution in [0.25, 0.3) is 11.1 Å². The molecule has 0 unspecified atom stereocenters. The molecule has 0 spiro atoms. The van der Waals surface area contributed by atoms with Crippen molar-refractivity contribution in [2.24, 2.45) is 0 Å². The van der Waals surface area contributed by atoms with Crippen LogP contribution in [-0.4, -0.2) is 54.2 Å². The fourth-order valence-electron chi connectivity index (χ4n) is 3.81. The second-order valence-corrected chi connectivity index (χ2v) is 10.2. The van der Waals surface area contributed by atoms with E-state index in [1.807, 2.05) is 30.3 Å². The summed E-state index contributed by atoms with van der Waals surface area (Å²) in [5, 5.41) is 14.0. The molecule has 0 saturated carbocycles. The van der Waals surface area contributed by atoms with Gasteiger partial charge < -0.3 is 9.84 Å². The Kier molecular flexibility index (Phi) is 8.24. The SMILES string of the molecule is CCCCc1nn(S(=O)(=O)N(C)C)c(COC)c1Cc1ccc(-c2ccccc2C(=O)O)cc1. The third-order valence-electron chi connectivity index (χ3n) is 5.67. The predicted octanol–water partition coefficient (Wildman–Crippen LogP) is 3.98. The van der Waals surface area contributed by atoms with E-state index >= 15 is 0 Å². The second kappa shape index (κ2) is 10.9. The monoisotopic (exact) mass is 485 g/mol. The summed E-state index contributed by atoms with van der Waals surface area (Å²) in [4.78, 5) is 11.6. The summed E-state index contributed by atoms with van der Waals surface area (Å²) in [6, 6.07) is 14.5. The Labute approximate surface area is 201 Å². The largest absolute Gasteiger partial charge is 0.478 e. The molecule has 0 atom stereocenters. The number of aryl methyl sites for hydroxylation is 1. The molecule has 8 nitrogen and oxygen atoms in total. The normalized spacial score (nSPS) is 11.8. The fourth-order valence-corrected chi connectivity index (χ4v) is 4.77. The highest BCUT2D eigenvalue weighted by atomic mass is 32.2. The Morgan fingerprint density at radius 1 is 1.12 bits per heavy atom. The molecular weight excluding hydrogens is 454 g/mol. The van der Waals surface area contributed by atoms with Gasteiger partial charge in [-0.3, -0.25) is 0 Å². The van der Waals surface area contributed by atoms with Gasteiger partial charge in [0.25, 0.3) is 0 Å². The molecule has 0 saturated heterocycles. The number of hydrogen-bond donors (Lipinski definition) is 1. The summed E-state index contributed by atoms with van der Waals surface area (Å²) in [6.45, 7) is 2.20. The molecule has 0 aliphatic heterocycles. The molecule has 0 radical (unpaired) electrons. The minimum Gasteiger partial charge on any atom is -0.478 e. The summed E-state index contributed by atoms with van der Waals surface area (Å²) in [7, 11) is 0.688. The second-order valence-electron chi connectivity index (χ2n) is 8.27. The van der Waals surface area contributed by atoms with Crippen molar-refractivity contribution < 1.29 is 23.1 Å². The molecule has 0 fully saturated rings. The zero-order valence-electron chi connectivity index (χ0n) is 20.0. The van der Waals surface area contributed by atoms with Crippen LogP contribution in [0.3, 0.4) is 0 Å². The Balaban J connectivity index is 2.03. The lowest BCUT2D eigenvalue weighted by atomic mass is 9.96. The van der Waals surface area contributed by atoms with Crippen molar-refractivity contribution in [3.8, 4) is 11.1 Å². The van der Waals surface area contributed by atoms with Crippen molar-refractivity contribution in [1.29, 1.82) is 0 Å². The molecule has 34 heavy (non-hydrogen) atoms. The lowest BCUT2D eigenvalue weighted by Gasteiger charge is -2.14. The predicted molar refractivity (Wildman–Crippen MR) is 131 cm³/mol. The highest BCUT2D eigenvalue weighted by Crippen LogP contribution is 2.27. The number of rotatable bonds is 11. The molecule has 0 amide bonds. The zero-order valence-corrected chi connectivity index (χ0v) is 20.8. The van der Waals surface area contributed by atoms with Crippen LogP contribution in [0.4, 0.5) is 0 Å². The molecule has 2 aromatic carbocycles. The minimum atomic E-state index is -3.80. The zero-order chi connectivity index (χ0) is 24.9. The minimum absolute atomic E-state index is 0.117. The average molecular weight is 486 g/mol. The Morgan fingerprint density at radius 3 is 2.38 bits per heavy atom. The lowest BCUT2D eigenvalue weighted by Crippen LogP contribution is -2.31. The molecule has 182 valence electrons. The van der Waals surface area contributed by atoms with E-state index in [0.717, 1.165) is 43.6 Å². The highest BCUT2D eigenvalue weighted by Gasteiger charge is 2.27. The number of aromatic nitrogens is 2. The van der Waals surface area contributed by atoms with Crippen LogP contribution in [0.15, 0.2) is 48.5 Å². The van der Waals surface area contributed by atoms with E-state index in [1.54, 1.807) is 18.2 Å². The van der Waals surface area contributed by atoms with Crippen molar-refractivity contribution in [3.05, 3.63) is 76.6 Å². The number of ether oxygens (including phenoxy) is 1. The molecule has 1 N–H and O–H groups in total. The number of aromatic carboxylic acids is 1. The van der Waals surface area contributed by atoms with Gasteiger partial charge in [0.05, 0.1) is 23.6 Å². The first-order valence-corrected chi connectivity index (χ1v) is 12.5. The van der Waals surface area contributed by atoms with Crippen LogP contribution in [-0.2, 0) is 34.4 Å². The number of hydrogen-bond acceptors (Lipinski definition) is 5. The van der Waals surface area contributed by atoms with Gasteiger partial charge in [0.1, 0.15) is 0 Å². The van der Waals surface area contributed by atoms with Gasteiger partial charge in [0.15, 0.2) is 0 Å². The molecule has 9 heteroatoms. The van der Waals surface area contributed by atoms with Gasteiger partial charge in [-0.2, -0.15) is 17.8 Å². The summed E-state index contributed by atoms with van der Waals surface area (Å²) in [5.41, 5.74) is 4.77. The van der Waals surface area contributed by atoms with Crippen LogP contribution in [0.2, 0.25) is 0 Å². The smallest absolute Gasteiger partial charge is 0.336 e. The Bertz CT molecular complexity index is 1250. The summed E-state index contributed by atoms with van der Waals surface area (Å²) < 4.78 is 33.4. The van der Waals surface area contributed by atoms with Crippen molar-refractivity contribution in [3.63, 3.8) is 0 Å².